The third-order valence-electron chi connectivity index (χ3n) is 5.89. The van der Waals surface area contributed by atoms with E-state index in [1.165, 1.54) is 0 Å². The average Bonchev–Trinajstić information content (AvgIpc) is 3.21. The number of benzene rings is 1. The number of hydrogen-bond acceptors (Lipinski definition) is 5. The number of piperidine rings is 1. The Balaban J connectivity index is 1.57. The molecule has 0 amide bonds. The van der Waals surface area contributed by atoms with E-state index >= 15 is 0 Å². The van der Waals surface area contributed by atoms with Crippen molar-refractivity contribution >= 4 is 22.4 Å². The van der Waals surface area contributed by atoms with Crippen LogP contribution in [0.4, 0.5) is 5.69 Å². The van der Waals surface area contributed by atoms with Gasteiger partial charge in [-0.2, -0.15) is 5.26 Å². The van der Waals surface area contributed by atoms with Gasteiger partial charge in [0.2, 0.25) is 0 Å². The van der Waals surface area contributed by atoms with Crippen LogP contribution in [-0.2, 0) is 4.79 Å². The van der Waals surface area contributed by atoms with E-state index in [0.29, 0.717) is 29.6 Å². The van der Waals surface area contributed by atoms with Crippen LogP contribution >= 0.6 is 0 Å². The minimum atomic E-state index is 0.0654. The Hall–Kier alpha value is -2.45. The molecule has 0 unspecified atom stereocenters. The Bertz CT molecular complexity index is 882. The second-order valence-electron chi connectivity index (χ2n) is 8.07. The second kappa shape index (κ2) is 7.66. The number of nitriles is 1. The van der Waals surface area contributed by atoms with Gasteiger partial charge in [-0.05, 0) is 61.9 Å². The van der Waals surface area contributed by atoms with E-state index in [-0.39, 0.29) is 6.04 Å². The molecule has 0 aliphatic carbocycles. The quantitative estimate of drug-likeness (QED) is 0.904. The van der Waals surface area contributed by atoms with Gasteiger partial charge < -0.3 is 10.2 Å². The van der Waals surface area contributed by atoms with Crippen molar-refractivity contribution in [3.05, 3.63) is 36.0 Å². The van der Waals surface area contributed by atoms with E-state index in [1.54, 1.807) is 6.20 Å². The van der Waals surface area contributed by atoms with E-state index in [2.05, 4.69) is 28.2 Å². The summed E-state index contributed by atoms with van der Waals surface area (Å²) in [6.07, 6.45) is 5.58. The van der Waals surface area contributed by atoms with Crippen molar-refractivity contribution in [2.24, 2.45) is 11.8 Å². The van der Waals surface area contributed by atoms with Gasteiger partial charge in [0.1, 0.15) is 11.9 Å². The van der Waals surface area contributed by atoms with Gasteiger partial charge in [0.25, 0.3) is 0 Å². The first-order chi connectivity index (χ1) is 13.2. The van der Waals surface area contributed by atoms with Gasteiger partial charge >= 0.3 is 0 Å². The van der Waals surface area contributed by atoms with Crippen molar-refractivity contribution in [1.82, 2.24) is 10.3 Å². The lowest BCUT2D eigenvalue weighted by Gasteiger charge is -2.38. The molecule has 0 spiro atoms. The van der Waals surface area contributed by atoms with Gasteiger partial charge in [0.05, 0.1) is 17.1 Å². The highest BCUT2D eigenvalue weighted by Gasteiger charge is 2.30. The van der Waals surface area contributed by atoms with Crippen molar-refractivity contribution in [1.29, 1.82) is 5.26 Å². The fourth-order valence-electron chi connectivity index (χ4n) is 4.73. The fraction of sp³-hybridized carbons (Fsp3) is 0.500. The SMILES string of the molecule is C[C@H]1C[C@@H](CC(=O)[C@@H]2CCCN2)CN(c2ccc(C#N)c3ncccc23)C1. The fourth-order valence-corrected chi connectivity index (χ4v) is 4.73. The van der Waals surface area contributed by atoms with Crippen LogP contribution in [0, 0.1) is 23.2 Å². The molecular formula is C22H26N4O. The lowest BCUT2D eigenvalue weighted by molar-refractivity contribution is -0.121. The van der Waals surface area contributed by atoms with E-state index in [9.17, 15) is 10.1 Å². The number of hydrogen-bond donors (Lipinski definition) is 1. The van der Waals surface area contributed by atoms with Gasteiger partial charge in [-0.25, -0.2) is 0 Å². The Kier molecular flexibility index (Phi) is 5.09. The highest BCUT2D eigenvalue weighted by Crippen LogP contribution is 2.34. The normalized spacial score (nSPS) is 25.5. The van der Waals surface area contributed by atoms with Crippen LogP contribution in [0.3, 0.4) is 0 Å². The molecule has 2 saturated heterocycles. The molecule has 5 heteroatoms. The van der Waals surface area contributed by atoms with E-state index in [1.807, 2.05) is 24.3 Å². The summed E-state index contributed by atoms with van der Waals surface area (Å²) in [6.45, 7) is 5.09. The molecule has 5 nitrogen and oxygen atoms in total. The van der Waals surface area contributed by atoms with Crippen LogP contribution in [0.15, 0.2) is 30.5 Å². The first-order valence-electron chi connectivity index (χ1n) is 9.94. The average molecular weight is 362 g/mol. The second-order valence-corrected chi connectivity index (χ2v) is 8.07. The zero-order chi connectivity index (χ0) is 18.8. The molecule has 2 aromatic rings. The van der Waals surface area contributed by atoms with Crippen molar-refractivity contribution in [2.45, 2.75) is 38.6 Å². The van der Waals surface area contributed by atoms with Crippen LogP contribution in [0.1, 0.15) is 38.2 Å². The number of carbonyl (C=O) groups excluding carboxylic acids is 1. The molecule has 3 heterocycles. The number of pyridine rings is 1. The molecular weight excluding hydrogens is 336 g/mol. The number of anilines is 1. The van der Waals surface area contributed by atoms with Crippen molar-refractivity contribution in [2.75, 3.05) is 24.5 Å². The maximum Gasteiger partial charge on any atom is 0.150 e. The summed E-state index contributed by atoms with van der Waals surface area (Å²) in [4.78, 5) is 19.5. The summed E-state index contributed by atoms with van der Waals surface area (Å²) in [6, 6.07) is 10.2. The van der Waals surface area contributed by atoms with E-state index < -0.39 is 0 Å². The smallest absolute Gasteiger partial charge is 0.150 e. The minimum Gasteiger partial charge on any atom is -0.370 e. The molecule has 2 aliphatic heterocycles. The van der Waals surface area contributed by atoms with Crippen molar-refractivity contribution < 1.29 is 4.79 Å². The molecule has 2 fully saturated rings. The molecule has 1 aromatic carbocycles. The molecule has 1 aromatic heterocycles. The molecule has 2 aliphatic rings. The zero-order valence-electron chi connectivity index (χ0n) is 15.8. The Morgan fingerprint density at radius 3 is 3.04 bits per heavy atom. The summed E-state index contributed by atoms with van der Waals surface area (Å²) in [5.41, 5.74) is 2.50. The number of ketones is 1. The van der Waals surface area contributed by atoms with Crippen LogP contribution in [0.5, 0.6) is 0 Å². The molecule has 4 rings (SSSR count). The van der Waals surface area contributed by atoms with Crippen LogP contribution in [0.2, 0.25) is 0 Å². The predicted octanol–water partition coefficient (Wildman–Crippen LogP) is 3.28. The highest BCUT2D eigenvalue weighted by atomic mass is 16.1. The molecule has 1 N–H and O–H groups in total. The summed E-state index contributed by atoms with van der Waals surface area (Å²) in [5.74, 6) is 1.29. The largest absolute Gasteiger partial charge is 0.370 e. The van der Waals surface area contributed by atoms with Crippen LogP contribution < -0.4 is 10.2 Å². The summed E-state index contributed by atoms with van der Waals surface area (Å²) >= 11 is 0. The predicted molar refractivity (Wildman–Crippen MR) is 107 cm³/mol. The summed E-state index contributed by atoms with van der Waals surface area (Å²) in [5, 5.41) is 13.7. The van der Waals surface area contributed by atoms with Crippen LogP contribution in [0.25, 0.3) is 10.9 Å². The van der Waals surface area contributed by atoms with Crippen molar-refractivity contribution in [3.63, 3.8) is 0 Å². The number of fused-ring (bicyclic) bond motifs is 1. The third-order valence-corrected chi connectivity index (χ3v) is 5.89. The minimum absolute atomic E-state index is 0.0654. The Labute approximate surface area is 160 Å². The molecule has 140 valence electrons. The van der Waals surface area contributed by atoms with Gasteiger partial charge in [-0.15, -0.1) is 0 Å². The zero-order valence-corrected chi connectivity index (χ0v) is 15.8. The standard InChI is InChI=1S/C22H26N4O/c1-15-10-16(11-21(27)19-5-3-8-24-19)14-26(13-15)20-7-6-17(12-23)22-18(20)4-2-9-25-22/h2,4,6-7,9,15-16,19,24H,3,5,8,10-11,13-14H2,1H3/t15-,16-,19-/m0/s1. The van der Waals surface area contributed by atoms with Gasteiger partial charge in [0.15, 0.2) is 0 Å². The summed E-state index contributed by atoms with van der Waals surface area (Å²) < 4.78 is 0. The molecule has 0 saturated carbocycles. The van der Waals surface area contributed by atoms with Crippen LogP contribution in [-0.4, -0.2) is 36.4 Å². The van der Waals surface area contributed by atoms with E-state index in [4.69, 9.17) is 0 Å². The van der Waals surface area contributed by atoms with E-state index in [0.717, 1.165) is 55.5 Å². The Morgan fingerprint density at radius 1 is 1.37 bits per heavy atom. The topological polar surface area (TPSA) is 69.0 Å². The maximum atomic E-state index is 12.6. The lowest BCUT2D eigenvalue weighted by Crippen LogP contribution is -2.42. The molecule has 0 radical (unpaired) electrons. The summed E-state index contributed by atoms with van der Waals surface area (Å²) in [7, 11) is 0. The first-order valence-corrected chi connectivity index (χ1v) is 9.94. The third kappa shape index (κ3) is 3.68. The maximum absolute atomic E-state index is 12.6. The number of nitrogens with zero attached hydrogens (tertiary/aromatic N) is 3. The van der Waals surface area contributed by atoms with Gasteiger partial charge in [-0.3, -0.25) is 9.78 Å². The van der Waals surface area contributed by atoms with Crippen molar-refractivity contribution in [3.8, 4) is 6.07 Å². The molecule has 27 heavy (non-hydrogen) atoms. The number of rotatable bonds is 4. The number of aromatic nitrogens is 1. The van der Waals surface area contributed by atoms with Gasteiger partial charge in [0, 0.05) is 36.8 Å². The molecule has 0 bridgehead atoms. The Morgan fingerprint density at radius 2 is 2.26 bits per heavy atom. The monoisotopic (exact) mass is 362 g/mol. The number of Topliss-reactive ketones (excluding diaryl/α,β-unsaturated/α-hetero) is 1. The lowest BCUT2D eigenvalue weighted by atomic mass is 9.85. The highest BCUT2D eigenvalue weighted by molar-refractivity contribution is 5.95. The molecule has 3 atom stereocenters. The number of carbonyl (C=O) groups is 1. The first kappa shape index (κ1) is 17.9. The number of nitrogens with one attached hydrogen (secondary N) is 1. The van der Waals surface area contributed by atoms with Gasteiger partial charge in [-0.1, -0.05) is 6.92 Å².